The molecule has 0 heterocycles. The predicted octanol–water partition coefficient (Wildman–Crippen LogP) is 3.19. The van der Waals surface area contributed by atoms with Crippen LogP contribution in [0.1, 0.15) is 18.9 Å². The average Bonchev–Trinajstić information content (AvgIpc) is 3.45. The Labute approximate surface area is 146 Å². The zero-order valence-electron chi connectivity index (χ0n) is 14.0. The number of carbonyl (C=O) groups excluding carboxylic acids is 2. The molecule has 3 rings (SSSR count). The zero-order chi connectivity index (χ0) is 17.8. The summed E-state index contributed by atoms with van der Waals surface area (Å²) in [6.07, 6.45) is 0.574. The van der Waals surface area contributed by atoms with E-state index >= 15 is 0 Å². The van der Waals surface area contributed by atoms with E-state index in [0.29, 0.717) is 24.2 Å². The molecule has 1 fully saturated rings. The summed E-state index contributed by atoms with van der Waals surface area (Å²) >= 11 is 0. The number of nitriles is 1. The van der Waals surface area contributed by atoms with Crippen molar-refractivity contribution in [1.29, 1.82) is 5.26 Å². The Morgan fingerprint density at radius 1 is 1.12 bits per heavy atom. The molecule has 0 aromatic heterocycles. The molecule has 0 spiro atoms. The average molecular weight is 333 g/mol. The van der Waals surface area contributed by atoms with Crippen LogP contribution in [-0.4, -0.2) is 18.4 Å². The summed E-state index contributed by atoms with van der Waals surface area (Å²) < 4.78 is 0. The van der Waals surface area contributed by atoms with Crippen molar-refractivity contribution in [2.24, 2.45) is 11.8 Å². The second kappa shape index (κ2) is 7.18. The van der Waals surface area contributed by atoms with Crippen LogP contribution in [0.15, 0.2) is 54.6 Å². The fourth-order valence-corrected chi connectivity index (χ4v) is 2.89. The minimum absolute atomic E-state index is 0.00585. The van der Waals surface area contributed by atoms with Gasteiger partial charge in [0.05, 0.1) is 23.5 Å². The summed E-state index contributed by atoms with van der Waals surface area (Å²) in [5, 5.41) is 11.6. The molecule has 2 amide bonds. The molecule has 1 aliphatic carbocycles. The van der Waals surface area contributed by atoms with Crippen molar-refractivity contribution in [3.8, 4) is 6.07 Å². The van der Waals surface area contributed by atoms with E-state index in [-0.39, 0.29) is 23.7 Å². The molecule has 0 radical (unpaired) electrons. The zero-order valence-corrected chi connectivity index (χ0v) is 14.0. The maximum atomic E-state index is 12.7. The first-order chi connectivity index (χ1) is 12.1. The van der Waals surface area contributed by atoms with Gasteiger partial charge < -0.3 is 10.2 Å². The number of rotatable bonds is 5. The van der Waals surface area contributed by atoms with E-state index in [4.69, 9.17) is 5.26 Å². The van der Waals surface area contributed by atoms with Crippen LogP contribution in [0.5, 0.6) is 0 Å². The topological polar surface area (TPSA) is 73.2 Å². The summed E-state index contributed by atoms with van der Waals surface area (Å²) in [7, 11) is 0. The highest BCUT2D eigenvalue weighted by Gasteiger charge is 2.49. The number of hydrogen-bond acceptors (Lipinski definition) is 3. The largest absolute Gasteiger partial charge is 0.326 e. The van der Waals surface area contributed by atoms with E-state index in [9.17, 15) is 9.59 Å². The number of benzene rings is 2. The Kier molecular flexibility index (Phi) is 4.80. The number of hydrogen-bond donors (Lipinski definition) is 1. The summed E-state index contributed by atoms with van der Waals surface area (Å²) in [5.74, 6) is -0.708. The maximum Gasteiger partial charge on any atom is 0.230 e. The Morgan fingerprint density at radius 2 is 1.80 bits per heavy atom. The van der Waals surface area contributed by atoms with Crippen LogP contribution in [0.4, 0.5) is 11.4 Å². The molecule has 5 heteroatoms. The Hall–Kier alpha value is -3.13. The van der Waals surface area contributed by atoms with Gasteiger partial charge in [-0.25, -0.2) is 0 Å². The van der Waals surface area contributed by atoms with Crippen molar-refractivity contribution in [1.82, 2.24) is 0 Å². The maximum absolute atomic E-state index is 12.7. The molecule has 0 bridgehead atoms. The van der Waals surface area contributed by atoms with Gasteiger partial charge in [-0.15, -0.1) is 0 Å². The van der Waals surface area contributed by atoms with Gasteiger partial charge in [0, 0.05) is 17.9 Å². The van der Waals surface area contributed by atoms with E-state index in [1.807, 2.05) is 43.3 Å². The minimum atomic E-state index is -0.291. The minimum Gasteiger partial charge on any atom is -0.326 e. The van der Waals surface area contributed by atoms with E-state index in [2.05, 4.69) is 5.32 Å². The Balaban J connectivity index is 1.62. The smallest absolute Gasteiger partial charge is 0.230 e. The third kappa shape index (κ3) is 3.69. The van der Waals surface area contributed by atoms with Crippen molar-refractivity contribution < 1.29 is 9.59 Å². The van der Waals surface area contributed by atoms with E-state index in [0.717, 1.165) is 5.69 Å². The molecule has 2 unspecified atom stereocenters. The van der Waals surface area contributed by atoms with E-state index in [1.165, 1.54) is 0 Å². The van der Waals surface area contributed by atoms with Gasteiger partial charge >= 0.3 is 0 Å². The van der Waals surface area contributed by atoms with Gasteiger partial charge in [-0.05, 0) is 49.7 Å². The Bertz CT molecular complexity index is 809. The second-order valence-electron chi connectivity index (χ2n) is 6.05. The van der Waals surface area contributed by atoms with Crippen LogP contribution in [-0.2, 0) is 9.59 Å². The predicted molar refractivity (Wildman–Crippen MR) is 95.9 cm³/mol. The van der Waals surface area contributed by atoms with Crippen LogP contribution >= 0.6 is 0 Å². The lowest BCUT2D eigenvalue weighted by molar-refractivity contribution is -0.123. The van der Waals surface area contributed by atoms with Gasteiger partial charge in [-0.2, -0.15) is 5.26 Å². The van der Waals surface area contributed by atoms with E-state index in [1.54, 1.807) is 29.2 Å². The summed E-state index contributed by atoms with van der Waals surface area (Å²) in [4.78, 5) is 26.8. The molecular formula is C20H19N3O2. The summed E-state index contributed by atoms with van der Waals surface area (Å²) in [6, 6.07) is 18.2. The standard InChI is InChI=1S/C20H19N3O2/c1-2-23(16-6-4-3-5-7-16)20(25)18-12-17(18)19(24)22-15-10-8-14(13-21)9-11-15/h3-11,17-18H,2,12H2,1H3,(H,22,24). The van der Waals surface area contributed by atoms with Crippen LogP contribution in [0.2, 0.25) is 0 Å². The first-order valence-corrected chi connectivity index (χ1v) is 8.31. The molecule has 5 nitrogen and oxygen atoms in total. The number of nitrogens with zero attached hydrogens (tertiary/aromatic N) is 2. The summed E-state index contributed by atoms with van der Waals surface area (Å²) in [5.41, 5.74) is 2.03. The first-order valence-electron chi connectivity index (χ1n) is 8.31. The number of amides is 2. The Morgan fingerprint density at radius 3 is 2.40 bits per heavy atom. The lowest BCUT2D eigenvalue weighted by Crippen LogP contribution is -2.33. The molecule has 0 saturated heterocycles. The molecule has 1 saturated carbocycles. The van der Waals surface area contributed by atoms with Gasteiger partial charge in [-0.1, -0.05) is 18.2 Å². The highest BCUT2D eigenvalue weighted by molar-refractivity contribution is 6.04. The van der Waals surface area contributed by atoms with E-state index < -0.39 is 0 Å². The highest BCUT2D eigenvalue weighted by Crippen LogP contribution is 2.41. The van der Waals surface area contributed by atoms with Gasteiger partial charge in [0.25, 0.3) is 0 Å². The summed E-state index contributed by atoms with van der Waals surface area (Å²) in [6.45, 7) is 2.50. The number of anilines is 2. The third-order valence-electron chi connectivity index (χ3n) is 4.38. The van der Waals surface area contributed by atoms with Crippen molar-refractivity contribution >= 4 is 23.2 Å². The molecule has 2 aromatic carbocycles. The third-order valence-corrected chi connectivity index (χ3v) is 4.38. The fourth-order valence-electron chi connectivity index (χ4n) is 2.89. The van der Waals surface area contributed by atoms with Gasteiger partial charge in [-0.3, -0.25) is 9.59 Å². The van der Waals surface area contributed by atoms with Crippen LogP contribution in [0, 0.1) is 23.2 Å². The number of carbonyl (C=O) groups is 2. The molecule has 2 atom stereocenters. The van der Waals surface area contributed by atoms with Crippen LogP contribution in [0.25, 0.3) is 0 Å². The van der Waals surface area contributed by atoms with Gasteiger partial charge in [0.15, 0.2) is 0 Å². The van der Waals surface area contributed by atoms with Crippen molar-refractivity contribution in [2.75, 3.05) is 16.8 Å². The normalized spacial score (nSPS) is 18.1. The molecule has 25 heavy (non-hydrogen) atoms. The van der Waals surface area contributed by atoms with Crippen LogP contribution in [0.3, 0.4) is 0 Å². The molecule has 2 aromatic rings. The van der Waals surface area contributed by atoms with Crippen LogP contribution < -0.4 is 10.2 Å². The molecular weight excluding hydrogens is 314 g/mol. The fraction of sp³-hybridized carbons (Fsp3) is 0.250. The highest BCUT2D eigenvalue weighted by atomic mass is 16.2. The molecule has 0 aliphatic heterocycles. The van der Waals surface area contributed by atoms with Gasteiger partial charge in [0.2, 0.25) is 11.8 Å². The number of nitrogens with one attached hydrogen (secondary N) is 1. The van der Waals surface area contributed by atoms with Crippen molar-refractivity contribution in [2.45, 2.75) is 13.3 Å². The first kappa shape index (κ1) is 16.7. The quantitative estimate of drug-likeness (QED) is 0.913. The lowest BCUT2D eigenvalue weighted by Gasteiger charge is -2.21. The van der Waals surface area contributed by atoms with Crippen molar-refractivity contribution in [3.63, 3.8) is 0 Å². The monoisotopic (exact) mass is 333 g/mol. The lowest BCUT2D eigenvalue weighted by atomic mass is 10.2. The number of para-hydroxylation sites is 1. The van der Waals surface area contributed by atoms with Crippen molar-refractivity contribution in [3.05, 3.63) is 60.2 Å². The second-order valence-corrected chi connectivity index (χ2v) is 6.05. The molecule has 1 N–H and O–H groups in total. The molecule has 126 valence electrons. The molecule has 1 aliphatic rings. The van der Waals surface area contributed by atoms with Gasteiger partial charge in [0.1, 0.15) is 0 Å². The SMILES string of the molecule is CCN(C(=O)C1CC1C(=O)Nc1ccc(C#N)cc1)c1ccccc1.